The fraction of sp³-hybridized carbons (Fsp3) is 0.703. The molecule has 0 bridgehead atoms. The van der Waals surface area contributed by atoms with Gasteiger partial charge >= 0.3 is 0 Å². The number of benzene rings is 1. The summed E-state index contributed by atoms with van der Waals surface area (Å²) in [6.07, 6.45) is 24.0. The van der Waals surface area contributed by atoms with Gasteiger partial charge in [0.1, 0.15) is 6.10 Å². The lowest BCUT2D eigenvalue weighted by Crippen LogP contribution is -2.37. The maximum Gasteiger partial charge on any atom is 0.194 e. The molecular formula is C37H63N3O2. The summed E-state index contributed by atoms with van der Waals surface area (Å²) in [5.74, 6) is 0.935. The van der Waals surface area contributed by atoms with Gasteiger partial charge in [-0.2, -0.15) is 0 Å². The molecule has 1 heterocycles. The maximum absolute atomic E-state index is 12.0. The van der Waals surface area contributed by atoms with Gasteiger partial charge in [-0.1, -0.05) is 127 Å². The Kier molecular flexibility index (Phi) is 20.1. The molecule has 2 N–H and O–H groups in total. The Morgan fingerprint density at radius 1 is 0.810 bits per heavy atom. The molecule has 0 aliphatic carbocycles. The monoisotopic (exact) mass is 581 g/mol. The van der Waals surface area contributed by atoms with E-state index in [4.69, 9.17) is 4.74 Å². The minimum absolute atomic E-state index is 0.00548. The maximum atomic E-state index is 12.0. The molecule has 42 heavy (non-hydrogen) atoms. The summed E-state index contributed by atoms with van der Waals surface area (Å²) in [5, 5.41) is 3.73. The number of hydrogen-bond donors (Lipinski definition) is 2. The minimum Gasteiger partial charge on any atom is -0.475 e. The van der Waals surface area contributed by atoms with E-state index >= 15 is 0 Å². The molecule has 0 aliphatic heterocycles. The average molecular weight is 582 g/mol. The highest BCUT2D eigenvalue weighted by Gasteiger charge is 2.24. The lowest BCUT2D eigenvalue weighted by molar-refractivity contribution is 0.118. The van der Waals surface area contributed by atoms with Crippen LogP contribution in [0.5, 0.6) is 5.88 Å². The van der Waals surface area contributed by atoms with Crippen LogP contribution < -0.4 is 15.5 Å². The Balaban J connectivity index is 1.85. The fourth-order valence-electron chi connectivity index (χ4n) is 5.75. The number of hydrogen-bond acceptors (Lipinski definition) is 4. The third-order valence-electron chi connectivity index (χ3n) is 8.40. The van der Waals surface area contributed by atoms with Gasteiger partial charge < -0.3 is 19.9 Å². The molecule has 238 valence electrons. The van der Waals surface area contributed by atoms with Crippen LogP contribution in [0.25, 0.3) is 0 Å². The molecule has 5 heteroatoms. The van der Waals surface area contributed by atoms with Crippen molar-refractivity contribution in [2.75, 3.05) is 33.7 Å². The molecule has 0 saturated heterocycles. The average Bonchev–Trinajstić information content (AvgIpc) is 2.97. The summed E-state index contributed by atoms with van der Waals surface area (Å²) in [5.41, 5.74) is 2.52. The number of H-pyrrole nitrogens is 1. The highest BCUT2D eigenvalue weighted by atomic mass is 16.5. The van der Waals surface area contributed by atoms with E-state index in [1.54, 1.807) is 18.3 Å². The second kappa shape index (κ2) is 23.4. The standard InChI is InChI=1S/C37H63N3O2/c1-5-6-7-8-9-10-11-12-13-14-15-16-17-18-20-34(31-38-26-19-28-40(3)4)36(29-33-23-21-32(2)22-24-33)42-37-30-35(41)25-27-39-37/h21-25,27,30,34,36,38H,5-20,26,28-29,31H2,1-4H3,(H,39,41). The number of aromatic amines is 1. The molecule has 0 fully saturated rings. The Morgan fingerprint density at radius 2 is 1.40 bits per heavy atom. The van der Waals surface area contributed by atoms with Crippen molar-refractivity contribution in [1.29, 1.82) is 0 Å². The molecule has 0 aliphatic rings. The van der Waals surface area contributed by atoms with E-state index in [2.05, 4.69) is 67.4 Å². The predicted octanol–water partition coefficient (Wildman–Crippen LogP) is 8.70. The van der Waals surface area contributed by atoms with Crippen LogP contribution in [0, 0.1) is 12.8 Å². The van der Waals surface area contributed by atoms with E-state index < -0.39 is 0 Å². The molecule has 2 rings (SSSR count). The number of ether oxygens (including phenoxy) is 1. The molecule has 0 saturated carbocycles. The summed E-state index contributed by atoms with van der Waals surface area (Å²) in [4.78, 5) is 17.4. The third kappa shape index (κ3) is 17.8. The number of rotatable bonds is 26. The highest BCUT2D eigenvalue weighted by molar-refractivity contribution is 5.22. The lowest BCUT2D eigenvalue weighted by Gasteiger charge is -2.29. The van der Waals surface area contributed by atoms with Gasteiger partial charge in [0.2, 0.25) is 0 Å². The number of aryl methyl sites for hydroxylation is 1. The number of pyridine rings is 1. The van der Waals surface area contributed by atoms with Crippen LogP contribution in [0.4, 0.5) is 0 Å². The zero-order valence-corrected chi connectivity index (χ0v) is 27.6. The third-order valence-corrected chi connectivity index (χ3v) is 8.40. The van der Waals surface area contributed by atoms with E-state index in [0.717, 1.165) is 38.9 Å². The second-order valence-electron chi connectivity index (χ2n) is 12.7. The summed E-state index contributed by atoms with van der Waals surface area (Å²) >= 11 is 0. The van der Waals surface area contributed by atoms with Crippen molar-refractivity contribution in [2.24, 2.45) is 5.92 Å². The number of nitrogens with zero attached hydrogens (tertiary/aromatic N) is 1. The number of nitrogens with one attached hydrogen (secondary N) is 2. The van der Waals surface area contributed by atoms with Gasteiger partial charge in [0.05, 0.1) is 0 Å². The Hall–Kier alpha value is -2.11. The summed E-state index contributed by atoms with van der Waals surface area (Å²) in [6, 6.07) is 11.9. The molecule has 1 aromatic heterocycles. The van der Waals surface area contributed by atoms with Crippen molar-refractivity contribution in [1.82, 2.24) is 15.2 Å². The molecule has 2 unspecified atom stereocenters. The summed E-state index contributed by atoms with van der Waals surface area (Å²) < 4.78 is 6.55. The van der Waals surface area contributed by atoms with Crippen molar-refractivity contribution in [3.05, 3.63) is 63.9 Å². The van der Waals surface area contributed by atoms with Gasteiger partial charge in [-0.3, -0.25) is 4.79 Å². The SMILES string of the molecule is CCCCCCCCCCCCCCCCC(CNCCCN(C)C)C(Cc1ccc(C)cc1)Oc1cc(=O)cc[nH]1. The van der Waals surface area contributed by atoms with Crippen molar-refractivity contribution in [3.8, 4) is 5.88 Å². The van der Waals surface area contributed by atoms with Crippen molar-refractivity contribution in [3.63, 3.8) is 0 Å². The van der Waals surface area contributed by atoms with Crippen LogP contribution in [-0.4, -0.2) is 49.7 Å². The Bertz CT molecular complexity index is 956. The highest BCUT2D eigenvalue weighted by Crippen LogP contribution is 2.23. The first-order valence-corrected chi connectivity index (χ1v) is 17.2. The van der Waals surface area contributed by atoms with E-state index in [1.165, 1.54) is 101 Å². The van der Waals surface area contributed by atoms with E-state index in [9.17, 15) is 4.79 Å². The van der Waals surface area contributed by atoms with Crippen LogP contribution in [0.15, 0.2) is 47.4 Å². The van der Waals surface area contributed by atoms with Crippen molar-refractivity contribution in [2.45, 2.75) is 129 Å². The van der Waals surface area contributed by atoms with Crippen molar-refractivity contribution >= 4 is 0 Å². The molecule has 0 spiro atoms. The van der Waals surface area contributed by atoms with E-state index in [1.807, 2.05) is 0 Å². The summed E-state index contributed by atoms with van der Waals surface area (Å²) in [6.45, 7) is 7.44. The Morgan fingerprint density at radius 3 is 1.98 bits per heavy atom. The predicted molar refractivity (Wildman–Crippen MR) is 181 cm³/mol. The van der Waals surface area contributed by atoms with Crippen LogP contribution in [0.2, 0.25) is 0 Å². The van der Waals surface area contributed by atoms with Crippen LogP contribution in [0.1, 0.15) is 121 Å². The van der Waals surface area contributed by atoms with Gasteiger partial charge in [-0.25, -0.2) is 0 Å². The molecule has 5 nitrogen and oxygen atoms in total. The van der Waals surface area contributed by atoms with Gasteiger partial charge in [0.25, 0.3) is 0 Å². The first-order chi connectivity index (χ1) is 20.5. The van der Waals surface area contributed by atoms with Gasteiger partial charge in [0, 0.05) is 37.2 Å². The lowest BCUT2D eigenvalue weighted by atomic mass is 9.90. The first kappa shape index (κ1) is 36.1. The smallest absolute Gasteiger partial charge is 0.194 e. The molecule has 0 radical (unpaired) electrons. The topological polar surface area (TPSA) is 57.4 Å². The zero-order valence-electron chi connectivity index (χ0n) is 27.6. The van der Waals surface area contributed by atoms with E-state index in [0.29, 0.717) is 11.8 Å². The zero-order chi connectivity index (χ0) is 30.3. The molecule has 0 amide bonds. The fourth-order valence-corrected chi connectivity index (χ4v) is 5.75. The largest absolute Gasteiger partial charge is 0.475 e. The quantitative estimate of drug-likeness (QED) is 0.109. The molecular weight excluding hydrogens is 518 g/mol. The Labute approximate surface area is 258 Å². The second-order valence-corrected chi connectivity index (χ2v) is 12.7. The minimum atomic E-state index is -0.0248. The molecule has 2 atom stereocenters. The van der Waals surface area contributed by atoms with Crippen molar-refractivity contribution < 1.29 is 4.74 Å². The number of unbranched alkanes of at least 4 members (excludes halogenated alkanes) is 13. The van der Waals surface area contributed by atoms with Gasteiger partial charge in [-0.15, -0.1) is 0 Å². The van der Waals surface area contributed by atoms with Crippen LogP contribution in [0.3, 0.4) is 0 Å². The molecule has 1 aromatic carbocycles. The normalized spacial score (nSPS) is 13.0. The first-order valence-electron chi connectivity index (χ1n) is 17.2. The van der Waals surface area contributed by atoms with Crippen LogP contribution in [-0.2, 0) is 6.42 Å². The van der Waals surface area contributed by atoms with Gasteiger partial charge in [-0.05, 0) is 52.5 Å². The molecule has 2 aromatic rings. The van der Waals surface area contributed by atoms with E-state index in [-0.39, 0.29) is 11.5 Å². The summed E-state index contributed by atoms with van der Waals surface area (Å²) in [7, 11) is 4.26. The van der Waals surface area contributed by atoms with Crippen LogP contribution >= 0.6 is 0 Å². The van der Waals surface area contributed by atoms with Gasteiger partial charge in [0.15, 0.2) is 11.3 Å². The number of aromatic nitrogens is 1.